The minimum Gasteiger partial charge on any atom is -0.396 e. The van der Waals surface area contributed by atoms with E-state index in [1.54, 1.807) is 6.92 Å². The minimum atomic E-state index is -0.909. The zero-order valence-electron chi connectivity index (χ0n) is 12.9. The second kappa shape index (κ2) is 7.40. The lowest BCUT2D eigenvalue weighted by Crippen LogP contribution is -2.44. The molecule has 0 spiro atoms. The van der Waals surface area contributed by atoms with Crippen molar-refractivity contribution in [2.45, 2.75) is 45.6 Å². The summed E-state index contributed by atoms with van der Waals surface area (Å²) < 4.78 is 0. The second-order valence-corrected chi connectivity index (χ2v) is 5.79. The van der Waals surface area contributed by atoms with Crippen molar-refractivity contribution in [3.8, 4) is 0 Å². The largest absolute Gasteiger partial charge is 0.396 e. The predicted octanol–water partition coefficient (Wildman–Crippen LogP) is 0.232. The van der Waals surface area contributed by atoms with E-state index in [1.165, 1.54) is 0 Å². The summed E-state index contributed by atoms with van der Waals surface area (Å²) in [6.45, 7) is 5.74. The van der Waals surface area contributed by atoms with Crippen LogP contribution in [-0.4, -0.2) is 53.1 Å². The lowest BCUT2D eigenvalue weighted by Gasteiger charge is -2.19. The maximum absolute atomic E-state index is 12.1. The first-order valence-corrected chi connectivity index (χ1v) is 7.35. The van der Waals surface area contributed by atoms with Gasteiger partial charge >= 0.3 is 6.03 Å². The van der Waals surface area contributed by atoms with E-state index in [0.29, 0.717) is 13.0 Å². The van der Waals surface area contributed by atoms with E-state index in [9.17, 15) is 14.4 Å². The quantitative estimate of drug-likeness (QED) is 0.441. The van der Waals surface area contributed by atoms with Crippen LogP contribution in [-0.2, 0) is 9.59 Å². The van der Waals surface area contributed by atoms with Gasteiger partial charge in [0.15, 0.2) is 0 Å². The van der Waals surface area contributed by atoms with Gasteiger partial charge in [-0.25, -0.2) is 4.79 Å². The highest BCUT2D eigenvalue weighted by Gasteiger charge is 2.46. The monoisotopic (exact) mass is 299 g/mol. The molecule has 4 amide bonds. The number of nitrogens with zero attached hydrogens (tertiary/aromatic N) is 1. The summed E-state index contributed by atoms with van der Waals surface area (Å²) in [5.74, 6) is -0.507. The molecule has 0 aromatic rings. The molecule has 3 N–H and O–H groups in total. The molecule has 1 rings (SSSR count). The summed E-state index contributed by atoms with van der Waals surface area (Å²) in [5.41, 5.74) is -0.909. The van der Waals surface area contributed by atoms with Crippen LogP contribution >= 0.6 is 0 Å². The van der Waals surface area contributed by atoms with Crippen molar-refractivity contribution < 1.29 is 19.5 Å². The second-order valence-electron chi connectivity index (χ2n) is 5.79. The Balaban J connectivity index is 2.38. The fraction of sp³-hybridized carbons (Fsp3) is 0.786. The molecule has 0 saturated carbocycles. The Morgan fingerprint density at radius 1 is 1.48 bits per heavy atom. The van der Waals surface area contributed by atoms with Gasteiger partial charge in [0.05, 0.1) is 0 Å². The first kappa shape index (κ1) is 17.4. The van der Waals surface area contributed by atoms with Gasteiger partial charge in [-0.2, -0.15) is 0 Å². The maximum atomic E-state index is 12.1. The summed E-state index contributed by atoms with van der Waals surface area (Å²) in [6, 6.07) is -0.520. The minimum absolute atomic E-state index is 0.131. The molecule has 1 aliphatic rings. The molecule has 1 heterocycles. The Hall–Kier alpha value is -1.63. The number of hydrogen-bond donors (Lipinski definition) is 3. The first-order chi connectivity index (χ1) is 9.84. The van der Waals surface area contributed by atoms with Crippen molar-refractivity contribution in [2.75, 3.05) is 19.7 Å². The first-order valence-electron chi connectivity index (χ1n) is 7.35. The number of carbonyl (C=O) groups excluding carboxylic acids is 3. The average Bonchev–Trinajstić information content (AvgIpc) is 2.67. The number of amides is 4. The molecule has 0 aromatic heterocycles. The molecule has 1 saturated heterocycles. The highest BCUT2D eigenvalue weighted by molar-refractivity contribution is 6.08. The van der Waals surface area contributed by atoms with Crippen LogP contribution in [0.3, 0.4) is 0 Å². The molecule has 0 radical (unpaired) electrons. The van der Waals surface area contributed by atoms with Crippen LogP contribution in [0.5, 0.6) is 0 Å². The van der Waals surface area contributed by atoms with Crippen molar-refractivity contribution in [3.63, 3.8) is 0 Å². The number of aliphatic hydroxyl groups is 1. The summed E-state index contributed by atoms with van der Waals surface area (Å²) in [5, 5.41) is 14.2. The van der Waals surface area contributed by atoms with Crippen LogP contribution in [0.1, 0.15) is 40.0 Å². The zero-order valence-corrected chi connectivity index (χ0v) is 12.9. The van der Waals surface area contributed by atoms with E-state index < -0.39 is 11.6 Å². The molecular weight excluding hydrogens is 274 g/mol. The number of nitrogens with one attached hydrogen (secondary N) is 2. The molecule has 2 atom stereocenters. The Labute approximate surface area is 125 Å². The number of hydrogen-bond acceptors (Lipinski definition) is 4. The summed E-state index contributed by atoms with van der Waals surface area (Å²) in [6.07, 6.45) is 2.04. The summed E-state index contributed by atoms with van der Waals surface area (Å²) >= 11 is 0. The van der Waals surface area contributed by atoms with Crippen LogP contribution in [0.15, 0.2) is 0 Å². The molecular formula is C14H25N3O4. The van der Waals surface area contributed by atoms with E-state index in [1.807, 2.05) is 13.8 Å². The smallest absolute Gasteiger partial charge is 0.325 e. The molecule has 1 aliphatic heterocycles. The molecule has 1 fully saturated rings. The SMILES string of the molecule is CCC1(C)NC(=O)N(CC(=O)NCCCC(C)CO)C1=O. The van der Waals surface area contributed by atoms with Gasteiger partial charge < -0.3 is 15.7 Å². The van der Waals surface area contributed by atoms with E-state index in [-0.39, 0.29) is 30.9 Å². The summed E-state index contributed by atoms with van der Waals surface area (Å²) in [4.78, 5) is 36.6. The molecule has 7 heteroatoms. The fourth-order valence-corrected chi connectivity index (χ4v) is 2.10. The van der Waals surface area contributed by atoms with Crippen molar-refractivity contribution in [2.24, 2.45) is 5.92 Å². The molecule has 2 unspecified atom stereocenters. The zero-order chi connectivity index (χ0) is 16.0. The van der Waals surface area contributed by atoms with Crippen molar-refractivity contribution in [3.05, 3.63) is 0 Å². The van der Waals surface area contributed by atoms with E-state index >= 15 is 0 Å². The van der Waals surface area contributed by atoms with Crippen LogP contribution in [0.2, 0.25) is 0 Å². The third kappa shape index (κ3) is 4.42. The molecule has 0 aromatic carbocycles. The molecule has 120 valence electrons. The van der Waals surface area contributed by atoms with Gasteiger partial charge in [-0.15, -0.1) is 0 Å². The maximum Gasteiger partial charge on any atom is 0.325 e. The molecule has 0 bridgehead atoms. The predicted molar refractivity (Wildman–Crippen MR) is 77.4 cm³/mol. The van der Waals surface area contributed by atoms with Gasteiger partial charge in [-0.05, 0) is 32.1 Å². The third-order valence-corrected chi connectivity index (χ3v) is 3.86. The highest BCUT2D eigenvalue weighted by Crippen LogP contribution is 2.20. The average molecular weight is 299 g/mol. The normalized spacial score (nSPS) is 23.1. The van der Waals surface area contributed by atoms with Crippen LogP contribution in [0.25, 0.3) is 0 Å². The van der Waals surface area contributed by atoms with Crippen LogP contribution in [0, 0.1) is 5.92 Å². The Kier molecular flexibility index (Phi) is 6.14. The lowest BCUT2D eigenvalue weighted by atomic mass is 9.99. The number of carbonyl (C=O) groups is 3. The van der Waals surface area contributed by atoms with Gasteiger partial charge in [-0.3, -0.25) is 14.5 Å². The van der Waals surface area contributed by atoms with Gasteiger partial charge in [0.2, 0.25) is 5.91 Å². The van der Waals surface area contributed by atoms with Gasteiger partial charge in [-0.1, -0.05) is 13.8 Å². The topological polar surface area (TPSA) is 98.7 Å². The van der Waals surface area contributed by atoms with E-state index in [4.69, 9.17) is 5.11 Å². The Bertz CT molecular complexity index is 413. The Morgan fingerprint density at radius 3 is 2.67 bits per heavy atom. The van der Waals surface area contributed by atoms with Gasteiger partial charge in [0.25, 0.3) is 5.91 Å². The van der Waals surface area contributed by atoms with Crippen LogP contribution < -0.4 is 10.6 Å². The van der Waals surface area contributed by atoms with Crippen molar-refractivity contribution in [1.82, 2.24) is 15.5 Å². The molecule has 0 aliphatic carbocycles. The van der Waals surface area contributed by atoms with Crippen molar-refractivity contribution >= 4 is 17.8 Å². The number of imide groups is 1. The number of aliphatic hydroxyl groups excluding tert-OH is 1. The van der Waals surface area contributed by atoms with E-state index in [0.717, 1.165) is 17.7 Å². The molecule has 21 heavy (non-hydrogen) atoms. The standard InChI is InChI=1S/C14H25N3O4/c1-4-14(3)12(20)17(13(21)16-14)8-11(19)15-7-5-6-10(2)9-18/h10,18H,4-9H2,1-3H3,(H,15,19)(H,16,21). The van der Waals surface area contributed by atoms with E-state index in [2.05, 4.69) is 10.6 Å². The van der Waals surface area contributed by atoms with Crippen LogP contribution in [0.4, 0.5) is 4.79 Å². The van der Waals surface area contributed by atoms with Gasteiger partial charge in [0.1, 0.15) is 12.1 Å². The van der Waals surface area contributed by atoms with Crippen molar-refractivity contribution in [1.29, 1.82) is 0 Å². The lowest BCUT2D eigenvalue weighted by molar-refractivity contribution is -0.134. The highest BCUT2D eigenvalue weighted by atomic mass is 16.3. The summed E-state index contributed by atoms with van der Waals surface area (Å²) in [7, 11) is 0. The number of urea groups is 1. The number of rotatable bonds is 8. The Morgan fingerprint density at radius 2 is 2.14 bits per heavy atom. The third-order valence-electron chi connectivity index (χ3n) is 3.86. The van der Waals surface area contributed by atoms with Gasteiger partial charge in [0, 0.05) is 13.2 Å². The fourth-order valence-electron chi connectivity index (χ4n) is 2.10. The molecule has 7 nitrogen and oxygen atoms in total.